The summed E-state index contributed by atoms with van der Waals surface area (Å²) in [4.78, 5) is 24.5. The molecule has 0 saturated heterocycles. The predicted octanol–water partition coefficient (Wildman–Crippen LogP) is 18.8. The van der Waals surface area contributed by atoms with Crippen LogP contribution in [0.4, 0.5) is 0 Å². The summed E-state index contributed by atoms with van der Waals surface area (Å²) < 4.78 is 5.49. The second-order valence-corrected chi connectivity index (χ2v) is 20.7. The van der Waals surface area contributed by atoms with Gasteiger partial charge in [0.15, 0.2) is 0 Å². The summed E-state index contributed by atoms with van der Waals surface area (Å²) in [5, 5.41) is 23.1. The summed E-state index contributed by atoms with van der Waals surface area (Å²) in [7, 11) is 0. The second kappa shape index (κ2) is 57.7. The highest BCUT2D eigenvalue weighted by molar-refractivity contribution is 5.76. The summed E-state index contributed by atoms with van der Waals surface area (Å²) in [6.07, 6.45) is 71.7. The summed E-state index contributed by atoms with van der Waals surface area (Å²) in [5.74, 6) is -0.0695. The Kier molecular flexibility index (Phi) is 56.0. The number of aliphatic hydroxyl groups excluding tert-OH is 2. The third-order valence-electron chi connectivity index (χ3n) is 13.9. The van der Waals surface area contributed by atoms with Gasteiger partial charge >= 0.3 is 5.97 Å². The van der Waals surface area contributed by atoms with Gasteiger partial charge in [0.05, 0.1) is 25.4 Å². The first-order chi connectivity index (χ1) is 33.5. The normalized spacial score (nSPS) is 12.8. The zero-order valence-corrected chi connectivity index (χ0v) is 45.6. The van der Waals surface area contributed by atoms with Crippen LogP contribution in [-0.2, 0) is 14.3 Å². The maximum absolute atomic E-state index is 12.5. The van der Waals surface area contributed by atoms with Gasteiger partial charge in [-0.25, -0.2) is 0 Å². The lowest BCUT2D eigenvalue weighted by atomic mass is 10.0. The Bertz CT molecular complexity index is 1100. The lowest BCUT2D eigenvalue weighted by molar-refractivity contribution is -0.143. The van der Waals surface area contributed by atoms with Crippen LogP contribution in [0.15, 0.2) is 36.5 Å². The van der Waals surface area contributed by atoms with Gasteiger partial charge in [0.1, 0.15) is 0 Å². The van der Waals surface area contributed by atoms with Gasteiger partial charge in [-0.1, -0.05) is 281 Å². The van der Waals surface area contributed by atoms with Crippen LogP contribution in [0, 0.1) is 0 Å². The van der Waals surface area contributed by atoms with Crippen LogP contribution in [0.3, 0.4) is 0 Å². The number of esters is 1. The number of carbonyl (C=O) groups excluding carboxylic acids is 2. The number of ether oxygens (including phenoxy) is 1. The Morgan fingerprint density at radius 1 is 0.412 bits per heavy atom. The minimum Gasteiger partial charge on any atom is -0.466 e. The van der Waals surface area contributed by atoms with Gasteiger partial charge in [0, 0.05) is 12.8 Å². The molecule has 2 unspecified atom stereocenters. The summed E-state index contributed by atoms with van der Waals surface area (Å²) in [5.41, 5.74) is 0. The fourth-order valence-corrected chi connectivity index (χ4v) is 9.25. The van der Waals surface area contributed by atoms with E-state index in [4.69, 9.17) is 4.74 Å². The second-order valence-electron chi connectivity index (χ2n) is 20.7. The van der Waals surface area contributed by atoms with Crippen LogP contribution in [0.2, 0.25) is 0 Å². The van der Waals surface area contributed by atoms with Crippen LogP contribution in [0.25, 0.3) is 0 Å². The van der Waals surface area contributed by atoms with E-state index in [1.807, 2.05) is 6.08 Å². The maximum atomic E-state index is 12.5. The first-order valence-electron chi connectivity index (χ1n) is 30.3. The smallest absolute Gasteiger partial charge is 0.305 e. The standard InChI is InChI=1S/C62H117NO5/c1-3-5-7-9-11-13-15-17-19-23-28-32-36-40-44-48-52-56-62(67)68-57-53-49-45-41-37-33-29-25-22-20-21-24-27-31-35-39-43-47-51-55-61(66)63-59(58-64)60(65)54-50-46-42-38-34-30-26-18-16-14-12-10-8-6-4-2/h11,13,17,19,50,54,59-60,64-65H,3-10,12,14-16,18,20-49,51-53,55-58H2,1-2H3,(H,63,66)/b13-11-,19-17-,54-50+. The fourth-order valence-electron chi connectivity index (χ4n) is 9.25. The minimum absolute atomic E-state index is 0.000546. The van der Waals surface area contributed by atoms with E-state index in [1.165, 1.54) is 244 Å². The third-order valence-corrected chi connectivity index (χ3v) is 13.9. The number of hydrogen-bond acceptors (Lipinski definition) is 5. The van der Waals surface area contributed by atoms with E-state index in [2.05, 4.69) is 43.5 Å². The van der Waals surface area contributed by atoms with Gasteiger partial charge in [-0.05, 0) is 64.2 Å². The average molecular weight is 957 g/mol. The van der Waals surface area contributed by atoms with E-state index in [0.717, 1.165) is 51.4 Å². The van der Waals surface area contributed by atoms with Crippen molar-refractivity contribution < 1.29 is 24.5 Å². The molecule has 0 radical (unpaired) electrons. The molecule has 0 aromatic heterocycles. The lowest BCUT2D eigenvalue weighted by Gasteiger charge is -2.20. The van der Waals surface area contributed by atoms with E-state index in [-0.39, 0.29) is 18.5 Å². The van der Waals surface area contributed by atoms with Gasteiger partial charge in [0.2, 0.25) is 5.91 Å². The number of unbranched alkanes of at least 4 members (excludes halogenated alkanes) is 41. The molecule has 0 aliphatic carbocycles. The first-order valence-corrected chi connectivity index (χ1v) is 30.3. The Labute approximate surface area is 424 Å². The molecule has 6 nitrogen and oxygen atoms in total. The zero-order valence-electron chi connectivity index (χ0n) is 45.6. The molecule has 3 N–H and O–H groups in total. The maximum Gasteiger partial charge on any atom is 0.305 e. The van der Waals surface area contributed by atoms with Gasteiger partial charge in [-0.2, -0.15) is 0 Å². The number of carbonyl (C=O) groups is 2. The molecule has 0 heterocycles. The molecule has 0 aliphatic rings. The fraction of sp³-hybridized carbons (Fsp3) is 0.871. The van der Waals surface area contributed by atoms with Crippen LogP contribution in [0.5, 0.6) is 0 Å². The van der Waals surface area contributed by atoms with Crippen molar-refractivity contribution in [2.75, 3.05) is 13.2 Å². The molecule has 68 heavy (non-hydrogen) atoms. The molecule has 0 aromatic rings. The van der Waals surface area contributed by atoms with Crippen LogP contribution >= 0.6 is 0 Å². The van der Waals surface area contributed by atoms with E-state index >= 15 is 0 Å². The highest BCUT2D eigenvalue weighted by Gasteiger charge is 2.18. The van der Waals surface area contributed by atoms with Crippen molar-refractivity contribution in [2.24, 2.45) is 0 Å². The molecule has 1 amide bonds. The Hall–Kier alpha value is -1.92. The Morgan fingerprint density at radius 2 is 0.735 bits per heavy atom. The zero-order chi connectivity index (χ0) is 49.3. The Balaban J connectivity index is 3.42. The van der Waals surface area contributed by atoms with E-state index in [9.17, 15) is 19.8 Å². The molecule has 0 fully saturated rings. The summed E-state index contributed by atoms with van der Waals surface area (Å²) >= 11 is 0. The third kappa shape index (κ3) is 53.4. The molecule has 400 valence electrons. The van der Waals surface area contributed by atoms with Crippen molar-refractivity contribution in [1.29, 1.82) is 0 Å². The molecule has 0 bridgehead atoms. The molecular formula is C62H117NO5. The largest absolute Gasteiger partial charge is 0.466 e. The highest BCUT2D eigenvalue weighted by atomic mass is 16.5. The quantitative estimate of drug-likeness (QED) is 0.0321. The molecule has 0 saturated carbocycles. The van der Waals surface area contributed by atoms with Gasteiger partial charge in [-0.15, -0.1) is 0 Å². The number of amides is 1. The number of nitrogens with one attached hydrogen (secondary N) is 1. The van der Waals surface area contributed by atoms with E-state index in [1.54, 1.807) is 6.08 Å². The highest BCUT2D eigenvalue weighted by Crippen LogP contribution is 2.17. The summed E-state index contributed by atoms with van der Waals surface area (Å²) in [6.45, 7) is 4.88. The van der Waals surface area contributed by atoms with Gasteiger partial charge in [-0.3, -0.25) is 9.59 Å². The van der Waals surface area contributed by atoms with Crippen molar-refractivity contribution in [3.8, 4) is 0 Å². The van der Waals surface area contributed by atoms with Crippen LogP contribution < -0.4 is 5.32 Å². The van der Waals surface area contributed by atoms with Gasteiger partial charge < -0.3 is 20.3 Å². The molecule has 0 rings (SSSR count). The molecule has 0 aliphatic heterocycles. The minimum atomic E-state index is -0.847. The average Bonchev–Trinajstić information content (AvgIpc) is 3.34. The van der Waals surface area contributed by atoms with Crippen LogP contribution in [-0.4, -0.2) is 47.4 Å². The molecular weight excluding hydrogens is 839 g/mol. The van der Waals surface area contributed by atoms with E-state index in [0.29, 0.717) is 19.4 Å². The molecule has 0 aromatic carbocycles. The monoisotopic (exact) mass is 956 g/mol. The lowest BCUT2D eigenvalue weighted by Crippen LogP contribution is -2.45. The Morgan fingerprint density at radius 3 is 1.15 bits per heavy atom. The van der Waals surface area contributed by atoms with Crippen molar-refractivity contribution in [3.63, 3.8) is 0 Å². The van der Waals surface area contributed by atoms with Crippen molar-refractivity contribution in [3.05, 3.63) is 36.5 Å². The molecule has 6 heteroatoms. The van der Waals surface area contributed by atoms with Crippen LogP contribution in [0.1, 0.15) is 322 Å². The summed E-state index contributed by atoms with van der Waals surface area (Å²) in [6, 6.07) is -0.630. The van der Waals surface area contributed by atoms with Crippen molar-refractivity contribution >= 4 is 11.9 Å². The van der Waals surface area contributed by atoms with E-state index < -0.39 is 12.1 Å². The predicted molar refractivity (Wildman–Crippen MR) is 296 cm³/mol. The number of aliphatic hydroxyl groups is 2. The SMILES string of the molecule is CCCCC/C=C\C/C=C\CCCCCCCCCC(=O)OCCCCCCCCCCCCCCCCCCCCCC(=O)NC(CO)C(O)/C=C/CCCCCCCCCCCCCCC. The molecule has 0 spiro atoms. The van der Waals surface area contributed by atoms with Gasteiger partial charge in [0.25, 0.3) is 0 Å². The van der Waals surface area contributed by atoms with Crippen molar-refractivity contribution in [2.45, 2.75) is 334 Å². The number of rotatable bonds is 56. The number of allylic oxidation sites excluding steroid dienone is 5. The number of hydrogen-bond donors (Lipinski definition) is 3. The first kappa shape index (κ1) is 66.1. The topological polar surface area (TPSA) is 95.9 Å². The van der Waals surface area contributed by atoms with Crippen molar-refractivity contribution in [1.82, 2.24) is 5.32 Å². The molecule has 2 atom stereocenters.